The number of carbonyl (C=O) groups is 1. The van der Waals surface area contributed by atoms with Crippen molar-refractivity contribution in [3.63, 3.8) is 0 Å². The molecule has 0 aromatic heterocycles. The summed E-state index contributed by atoms with van der Waals surface area (Å²) >= 11 is 0. The van der Waals surface area contributed by atoms with Crippen LogP contribution in [0.25, 0.3) is 0 Å². The van der Waals surface area contributed by atoms with E-state index in [1.54, 1.807) is 7.11 Å². The van der Waals surface area contributed by atoms with E-state index in [0.29, 0.717) is 13.2 Å². The van der Waals surface area contributed by atoms with E-state index in [0.717, 1.165) is 33.9 Å². The fraction of sp³-hybridized carbons (Fsp3) is 0.409. The summed E-state index contributed by atoms with van der Waals surface area (Å²) in [5.41, 5.74) is 3.00. The first-order valence-electron chi connectivity index (χ1n) is 9.30. The first-order chi connectivity index (χ1) is 13.0. The Labute approximate surface area is 160 Å². The van der Waals surface area contributed by atoms with Crippen molar-refractivity contribution in [1.29, 1.82) is 0 Å². The van der Waals surface area contributed by atoms with E-state index in [-0.39, 0.29) is 24.3 Å². The van der Waals surface area contributed by atoms with Gasteiger partial charge in [-0.25, -0.2) is 0 Å². The molecule has 0 spiro atoms. The highest BCUT2D eigenvalue weighted by Gasteiger charge is 2.22. The molecule has 0 radical (unpaired) electrons. The number of aryl methyl sites for hydroxylation is 1. The fourth-order valence-electron chi connectivity index (χ4n) is 3.33. The van der Waals surface area contributed by atoms with E-state index in [1.807, 2.05) is 43.3 Å². The summed E-state index contributed by atoms with van der Waals surface area (Å²) in [6, 6.07) is 11.6. The Morgan fingerprint density at radius 3 is 2.56 bits per heavy atom. The van der Waals surface area contributed by atoms with E-state index in [2.05, 4.69) is 19.2 Å². The van der Waals surface area contributed by atoms with E-state index < -0.39 is 0 Å². The smallest absolute Gasteiger partial charge is 0.225 e. The molecule has 1 aliphatic rings. The molecule has 0 saturated heterocycles. The number of amides is 1. The number of hydrogen-bond acceptors (Lipinski definition) is 4. The number of carbonyl (C=O) groups excluding carboxylic acids is 1. The first kappa shape index (κ1) is 19.1. The van der Waals surface area contributed by atoms with Crippen molar-refractivity contribution in [2.45, 2.75) is 33.2 Å². The van der Waals surface area contributed by atoms with Gasteiger partial charge in [0.05, 0.1) is 19.6 Å². The lowest BCUT2D eigenvalue weighted by Crippen LogP contribution is -2.33. The minimum atomic E-state index is -0.107. The molecule has 1 atom stereocenters. The van der Waals surface area contributed by atoms with Gasteiger partial charge in [0.25, 0.3) is 0 Å². The van der Waals surface area contributed by atoms with Crippen LogP contribution in [0.15, 0.2) is 36.4 Å². The molecule has 2 aromatic carbocycles. The van der Waals surface area contributed by atoms with Crippen molar-refractivity contribution in [2.75, 3.05) is 20.3 Å². The Bertz CT molecular complexity index is 816. The van der Waals surface area contributed by atoms with Gasteiger partial charge in [0.2, 0.25) is 5.91 Å². The third-order valence-corrected chi connectivity index (χ3v) is 4.70. The van der Waals surface area contributed by atoms with Gasteiger partial charge in [0.1, 0.15) is 19.0 Å². The zero-order valence-corrected chi connectivity index (χ0v) is 16.4. The molecule has 144 valence electrons. The Hall–Kier alpha value is -2.69. The van der Waals surface area contributed by atoms with Crippen LogP contribution in [0.4, 0.5) is 0 Å². The van der Waals surface area contributed by atoms with Crippen LogP contribution in [0.1, 0.15) is 36.6 Å². The summed E-state index contributed by atoms with van der Waals surface area (Å²) in [7, 11) is 1.62. The first-order valence-corrected chi connectivity index (χ1v) is 9.30. The van der Waals surface area contributed by atoms with Gasteiger partial charge in [-0.05, 0) is 36.6 Å². The van der Waals surface area contributed by atoms with Crippen LogP contribution in [0.3, 0.4) is 0 Å². The SMILES string of the molecule is COc1ccc(C)cc1CC(=O)NC(c1ccc2c(c1)OCCO2)C(C)C. The molecule has 0 saturated carbocycles. The van der Waals surface area contributed by atoms with Gasteiger partial charge < -0.3 is 19.5 Å². The molecule has 1 heterocycles. The second kappa shape index (κ2) is 8.33. The molecule has 3 rings (SSSR count). The molecule has 0 aliphatic carbocycles. The lowest BCUT2D eigenvalue weighted by atomic mass is 9.95. The van der Waals surface area contributed by atoms with Crippen molar-refractivity contribution in [3.05, 3.63) is 53.1 Å². The zero-order chi connectivity index (χ0) is 19.4. The van der Waals surface area contributed by atoms with Gasteiger partial charge in [-0.3, -0.25) is 4.79 Å². The second-order valence-electron chi connectivity index (χ2n) is 7.18. The molecule has 5 nitrogen and oxygen atoms in total. The normalized spacial score (nSPS) is 14.0. The Kier molecular flexibility index (Phi) is 5.89. The molecular weight excluding hydrogens is 342 g/mol. The third kappa shape index (κ3) is 4.54. The zero-order valence-electron chi connectivity index (χ0n) is 16.4. The molecule has 1 amide bonds. The highest BCUT2D eigenvalue weighted by Crippen LogP contribution is 2.34. The van der Waals surface area contributed by atoms with Gasteiger partial charge in [-0.1, -0.05) is 37.6 Å². The predicted molar refractivity (Wildman–Crippen MR) is 105 cm³/mol. The van der Waals surface area contributed by atoms with Crippen LogP contribution in [0.2, 0.25) is 0 Å². The summed E-state index contributed by atoms with van der Waals surface area (Å²) in [6.45, 7) is 7.30. The van der Waals surface area contributed by atoms with Crippen LogP contribution in [0, 0.1) is 12.8 Å². The van der Waals surface area contributed by atoms with Gasteiger partial charge >= 0.3 is 0 Å². The lowest BCUT2D eigenvalue weighted by Gasteiger charge is -2.25. The number of benzene rings is 2. The molecule has 5 heteroatoms. The van der Waals surface area contributed by atoms with Crippen LogP contribution in [-0.4, -0.2) is 26.2 Å². The summed E-state index contributed by atoms with van der Waals surface area (Å²) < 4.78 is 16.7. The van der Waals surface area contributed by atoms with Crippen LogP contribution < -0.4 is 19.5 Å². The van der Waals surface area contributed by atoms with Crippen molar-refractivity contribution in [1.82, 2.24) is 5.32 Å². The predicted octanol–water partition coefficient (Wildman–Crippen LogP) is 3.83. The molecular formula is C22H27NO4. The van der Waals surface area contributed by atoms with Crippen LogP contribution in [-0.2, 0) is 11.2 Å². The number of fused-ring (bicyclic) bond motifs is 1. The highest BCUT2D eigenvalue weighted by atomic mass is 16.6. The maximum atomic E-state index is 12.7. The Balaban J connectivity index is 1.77. The maximum absolute atomic E-state index is 12.7. The molecule has 27 heavy (non-hydrogen) atoms. The fourth-order valence-corrected chi connectivity index (χ4v) is 3.33. The minimum Gasteiger partial charge on any atom is -0.496 e. The van der Waals surface area contributed by atoms with Crippen LogP contribution in [0.5, 0.6) is 17.2 Å². The summed E-state index contributed by atoms with van der Waals surface area (Å²) in [6.07, 6.45) is 0.276. The van der Waals surface area contributed by atoms with Crippen molar-refractivity contribution >= 4 is 5.91 Å². The van der Waals surface area contributed by atoms with Crippen LogP contribution >= 0.6 is 0 Å². The number of hydrogen-bond donors (Lipinski definition) is 1. The number of nitrogens with one attached hydrogen (secondary N) is 1. The molecule has 1 unspecified atom stereocenters. The van der Waals surface area contributed by atoms with E-state index >= 15 is 0 Å². The second-order valence-corrected chi connectivity index (χ2v) is 7.18. The number of rotatable bonds is 6. The van der Waals surface area contributed by atoms with E-state index in [4.69, 9.17) is 14.2 Å². The third-order valence-electron chi connectivity index (χ3n) is 4.70. The topological polar surface area (TPSA) is 56.8 Å². The molecule has 1 N–H and O–H groups in total. The molecule has 0 fully saturated rings. The summed E-state index contributed by atoms with van der Waals surface area (Å²) in [5.74, 6) is 2.42. The van der Waals surface area contributed by atoms with Gasteiger partial charge in [-0.2, -0.15) is 0 Å². The highest BCUT2D eigenvalue weighted by molar-refractivity contribution is 5.80. The van der Waals surface area contributed by atoms with Gasteiger partial charge in [0.15, 0.2) is 11.5 Å². The maximum Gasteiger partial charge on any atom is 0.225 e. The lowest BCUT2D eigenvalue weighted by molar-refractivity contribution is -0.121. The monoisotopic (exact) mass is 369 g/mol. The largest absolute Gasteiger partial charge is 0.496 e. The number of ether oxygens (including phenoxy) is 3. The molecule has 2 aromatic rings. The molecule has 1 aliphatic heterocycles. The van der Waals surface area contributed by atoms with Crippen molar-refractivity contribution < 1.29 is 19.0 Å². The summed E-state index contributed by atoms with van der Waals surface area (Å²) in [5, 5.41) is 3.17. The standard InChI is InChI=1S/C22H27NO4/c1-14(2)22(16-6-8-19-20(12-16)27-10-9-26-19)23-21(24)13-17-11-15(3)5-7-18(17)25-4/h5-8,11-12,14,22H,9-10,13H2,1-4H3,(H,23,24). The average molecular weight is 369 g/mol. The average Bonchev–Trinajstić information content (AvgIpc) is 2.65. The molecule has 0 bridgehead atoms. The Morgan fingerprint density at radius 1 is 1.11 bits per heavy atom. The van der Waals surface area contributed by atoms with Gasteiger partial charge in [-0.15, -0.1) is 0 Å². The Morgan fingerprint density at radius 2 is 1.85 bits per heavy atom. The number of methoxy groups -OCH3 is 1. The minimum absolute atomic E-state index is 0.0347. The quantitative estimate of drug-likeness (QED) is 0.841. The van der Waals surface area contributed by atoms with Crippen molar-refractivity contribution in [3.8, 4) is 17.2 Å². The summed E-state index contributed by atoms with van der Waals surface area (Å²) in [4.78, 5) is 12.7. The van der Waals surface area contributed by atoms with E-state index in [1.165, 1.54) is 0 Å². The van der Waals surface area contributed by atoms with Crippen molar-refractivity contribution in [2.24, 2.45) is 5.92 Å². The van der Waals surface area contributed by atoms with Gasteiger partial charge in [0, 0.05) is 5.56 Å². The van der Waals surface area contributed by atoms with E-state index in [9.17, 15) is 4.79 Å².